The van der Waals surface area contributed by atoms with Crippen molar-refractivity contribution in [2.24, 2.45) is 0 Å². The minimum atomic E-state index is -3.83. The Morgan fingerprint density at radius 1 is 1.09 bits per heavy atom. The summed E-state index contributed by atoms with van der Waals surface area (Å²) in [6, 6.07) is 16.3. The average molecular weight is 467 g/mol. The summed E-state index contributed by atoms with van der Waals surface area (Å²) in [4.78, 5) is 22.8. The molecule has 12 heteroatoms. The minimum absolute atomic E-state index is 0.00794. The van der Waals surface area contributed by atoms with E-state index < -0.39 is 20.9 Å². The molecule has 2 N–H and O–H groups in total. The zero-order valence-corrected chi connectivity index (χ0v) is 17.7. The van der Waals surface area contributed by atoms with Crippen LogP contribution in [-0.2, 0) is 16.6 Å². The highest BCUT2D eigenvalue weighted by Crippen LogP contribution is 2.18. The summed E-state index contributed by atoms with van der Waals surface area (Å²) >= 11 is 0. The lowest BCUT2D eigenvalue weighted by Gasteiger charge is -2.08. The van der Waals surface area contributed by atoms with Crippen LogP contribution in [0.25, 0.3) is 5.69 Å². The molecule has 11 nitrogen and oxygen atoms in total. The van der Waals surface area contributed by atoms with Crippen molar-refractivity contribution in [2.75, 3.05) is 5.32 Å². The number of nitrogens with one attached hydrogen (secondary N) is 2. The third kappa shape index (κ3) is 5.14. The van der Waals surface area contributed by atoms with Crippen molar-refractivity contribution >= 4 is 27.3 Å². The van der Waals surface area contributed by atoms with Crippen LogP contribution in [0.2, 0.25) is 0 Å². The maximum absolute atomic E-state index is 12.6. The molecule has 0 radical (unpaired) electrons. The predicted molar refractivity (Wildman–Crippen MR) is 117 cm³/mol. The van der Waals surface area contributed by atoms with Crippen LogP contribution < -0.4 is 10.0 Å². The van der Waals surface area contributed by atoms with E-state index >= 15 is 0 Å². The fourth-order valence-corrected chi connectivity index (χ4v) is 3.95. The number of benzene rings is 2. The smallest absolute Gasteiger partial charge is 0.276 e. The molecule has 0 aliphatic rings. The summed E-state index contributed by atoms with van der Waals surface area (Å²) in [5, 5.41) is 17.6. The third-order valence-electron chi connectivity index (χ3n) is 4.57. The predicted octanol–water partition coefficient (Wildman–Crippen LogP) is 3.10. The topological polar surface area (TPSA) is 149 Å². The molecule has 2 aromatic heterocycles. The molecule has 0 unspecified atom stereocenters. The molecule has 0 spiro atoms. The number of sulfonamides is 1. The fourth-order valence-electron chi connectivity index (χ4n) is 2.91. The van der Waals surface area contributed by atoms with Crippen molar-refractivity contribution < 1.29 is 22.6 Å². The van der Waals surface area contributed by atoms with Gasteiger partial charge in [0.05, 0.1) is 28.3 Å². The fraction of sp³-hybridized carbons (Fsp3) is 0.0476. The number of carbonyl (C=O) groups excluding carboxylic acids is 1. The number of nitro groups is 1. The van der Waals surface area contributed by atoms with E-state index in [1.165, 1.54) is 65.7 Å². The number of non-ortho nitro benzene ring substituents is 1. The number of hydrogen-bond donors (Lipinski definition) is 2. The number of nitrogens with zero attached hydrogens (tertiary/aromatic N) is 3. The lowest BCUT2D eigenvalue weighted by molar-refractivity contribution is -0.384. The van der Waals surface area contributed by atoms with Gasteiger partial charge in [-0.1, -0.05) is 6.07 Å². The molecular formula is C21H17N5O6S. The zero-order chi connectivity index (χ0) is 23.4. The number of carbonyl (C=O) groups is 1. The largest absolute Gasteiger partial charge is 0.468 e. The first-order chi connectivity index (χ1) is 15.8. The lowest BCUT2D eigenvalue weighted by atomic mass is 10.3. The van der Waals surface area contributed by atoms with Crippen LogP contribution in [-0.4, -0.2) is 29.0 Å². The second kappa shape index (κ2) is 9.06. The molecule has 4 rings (SSSR count). The summed E-state index contributed by atoms with van der Waals surface area (Å²) in [5.74, 6) is -0.0830. The van der Waals surface area contributed by atoms with E-state index in [4.69, 9.17) is 4.42 Å². The zero-order valence-electron chi connectivity index (χ0n) is 16.9. The van der Waals surface area contributed by atoms with E-state index in [1.807, 2.05) is 0 Å². The molecule has 0 bridgehead atoms. The van der Waals surface area contributed by atoms with E-state index in [1.54, 1.807) is 18.2 Å². The molecule has 0 aliphatic carbocycles. The Morgan fingerprint density at radius 3 is 2.58 bits per heavy atom. The van der Waals surface area contributed by atoms with Gasteiger partial charge in [0.15, 0.2) is 5.69 Å². The molecular weight excluding hydrogens is 450 g/mol. The average Bonchev–Trinajstić information content (AvgIpc) is 3.50. The maximum Gasteiger partial charge on any atom is 0.276 e. The van der Waals surface area contributed by atoms with Gasteiger partial charge < -0.3 is 9.73 Å². The van der Waals surface area contributed by atoms with Crippen molar-refractivity contribution in [1.29, 1.82) is 0 Å². The van der Waals surface area contributed by atoms with E-state index in [9.17, 15) is 23.3 Å². The van der Waals surface area contributed by atoms with Crippen LogP contribution in [0.3, 0.4) is 0 Å². The Hall–Kier alpha value is -4.29. The quantitative estimate of drug-likeness (QED) is 0.299. The Labute approximate surface area is 187 Å². The number of nitro benzene ring substituents is 1. The van der Waals surface area contributed by atoms with Gasteiger partial charge >= 0.3 is 0 Å². The number of rotatable bonds is 8. The first-order valence-corrected chi connectivity index (χ1v) is 11.0. The molecule has 168 valence electrons. The molecule has 1 amide bonds. The standard InChI is InChI=1S/C21H17N5O6S/c27-21(20-10-11-25(24-20)16-6-8-17(9-7-16)26(28)29)23-15-3-1-5-19(13-15)33(30,31)22-14-18-4-2-12-32-18/h1-13,22H,14H2,(H,23,27). The van der Waals surface area contributed by atoms with E-state index in [-0.39, 0.29) is 28.5 Å². The molecule has 0 fully saturated rings. The van der Waals surface area contributed by atoms with Gasteiger partial charge in [0.2, 0.25) is 10.0 Å². The van der Waals surface area contributed by atoms with Crippen molar-refractivity contribution in [3.63, 3.8) is 0 Å². The molecule has 2 aromatic carbocycles. The number of amides is 1. The monoisotopic (exact) mass is 467 g/mol. The molecule has 0 aliphatic heterocycles. The Balaban J connectivity index is 1.45. The van der Waals surface area contributed by atoms with Gasteiger partial charge in [0.25, 0.3) is 11.6 Å². The van der Waals surface area contributed by atoms with Crippen LogP contribution in [0.5, 0.6) is 0 Å². The molecule has 0 saturated heterocycles. The maximum atomic E-state index is 12.6. The summed E-state index contributed by atoms with van der Waals surface area (Å²) in [6.07, 6.45) is 2.98. The Morgan fingerprint density at radius 2 is 1.88 bits per heavy atom. The molecule has 33 heavy (non-hydrogen) atoms. The number of furan rings is 1. The highest BCUT2D eigenvalue weighted by Gasteiger charge is 2.17. The molecule has 0 atom stereocenters. The van der Waals surface area contributed by atoms with E-state index in [0.717, 1.165) is 0 Å². The van der Waals surface area contributed by atoms with Crippen LogP contribution in [0, 0.1) is 10.1 Å². The van der Waals surface area contributed by atoms with Gasteiger partial charge in [-0.15, -0.1) is 0 Å². The van der Waals surface area contributed by atoms with Gasteiger partial charge in [-0.05, 0) is 48.5 Å². The summed E-state index contributed by atoms with van der Waals surface area (Å²) < 4.78 is 34.0. The van der Waals surface area contributed by atoms with E-state index in [0.29, 0.717) is 11.4 Å². The van der Waals surface area contributed by atoms with Crippen molar-refractivity contribution in [2.45, 2.75) is 11.4 Å². The number of aromatic nitrogens is 2. The van der Waals surface area contributed by atoms with Gasteiger partial charge in [-0.25, -0.2) is 17.8 Å². The van der Waals surface area contributed by atoms with Crippen molar-refractivity contribution in [3.05, 3.63) is 101 Å². The first kappa shape index (κ1) is 21.9. The SMILES string of the molecule is O=C(Nc1cccc(S(=O)(=O)NCc2ccco2)c1)c1ccn(-c2ccc([N+](=O)[O-])cc2)n1. The summed E-state index contributed by atoms with van der Waals surface area (Å²) in [7, 11) is -3.83. The Kier molecular flexibility index (Phi) is 6.02. The van der Waals surface area contributed by atoms with Crippen molar-refractivity contribution in [3.8, 4) is 5.69 Å². The Bertz CT molecular complexity index is 1400. The third-order valence-corrected chi connectivity index (χ3v) is 5.96. The van der Waals surface area contributed by atoms with Gasteiger partial charge in [0, 0.05) is 24.0 Å². The molecule has 4 aromatic rings. The normalized spacial score (nSPS) is 11.3. The van der Waals surface area contributed by atoms with E-state index in [2.05, 4.69) is 15.1 Å². The van der Waals surface area contributed by atoms with Crippen LogP contribution in [0.15, 0.2) is 88.5 Å². The van der Waals surface area contributed by atoms with Gasteiger partial charge in [-0.3, -0.25) is 14.9 Å². The lowest BCUT2D eigenvalue weighted by Crippen LogP contribution is -2.23. The van der Waals surface area contributed by atoms with Crippen LogP contribution >= 0.6 is 0 Å². The number of anilines is 1. The summed E-state index contributed by atoms with van der Waals surface area (Å²) in [6.45, 7) is -0.00794. The first-order valence-electron chi connectivity index (χ1n) is 9.56. The summed E-state index contributed by atoms with van der Waals surface area (Å²) in [5.41, 5.74) is 0.830. The molecule has 0 saturated carbocycles. The minimum Gasteiger partial charge on any atom is -0.468 e. The molecule has 2 heterocycles. The second-order valence-electron chi connectivity index (χ2n) is 6.80. The van der Waals surface area contributed by atoms with Crippen LogP contribution in [0.1, 0.15) is 16.2 Å². The second-order valence-corrected chi connectivity index (χ2v) is 8.57. The van der Waals surface area contributed by atoms with Crippen LogP contribution in [0.4, 0.5) is 11.4 Å². The highest BCUT2D eigenvalue weighted by molar-refractivity contribution is 7.89. The van der Waals surface area contributed by atoms with Gasteiger partial charge in [-0.2, -0.15) is 5.10 Å². The highest BCUT2D eigenvalue weighted by atomic mass is 32.2. The van der Waals surface area contributed by atoms with Crippen molar-refractivity contribution in [1.82, 2.24) is 14.5 Å². The number of hydrogen-bond acceptors (Lipinski definition) is 7. The van der Waals surface area contributed by atoms with Gasteiger partial charge in [0.1, 0.15) is 5.76 Å².